The van der Waals surface area contributed by atoms with E-state index in [1.165, 1.54) is 12.1 Å². The third-order valence-corrected chi connectivity index (χ3v) is 4.39. The Morgan fingerprint density at radius 2 is 2.16 bits per heavy atom. The molecule has 1 aliphatic rings. The number of likely N-dealkylation sites (tertiary alicyclic amines) is 1. The Morgan fingerprint density at radius 3 is 2.79 bits per heavy atom. The zero-order chi connectivity index (χ0) is 13.4. The van der Waals surface area contributed by atoms with Gasteiger partial charge in [0, 0.05) is 18.8 Å². The zero-order valence-corrected chi connectivity index (χ0v) is 12.4. The van der Waals surface area contributed by atoms with Gasteiger partial charge >= 0.3 is 0 Å². The molecule has 5 nitrogen and oxygen atoms in total. The van der Waals surface area contributed by atoms with Crippen LogP contribution in [0.3, 0.4) is 0 Å². The number of hydrogen-bond acceptors (Lipinski definition) is 5. The van der Waals surface area contributed by atoms with E-state index < -0.39 is 0 Å². The summed E-state index contributed by atoms with van der Waals surface area (Å²) in [4.78, 5) is 2.45. The van der Waals surface area contributed by atoms with Gasteiger partial charge in [-0.15, -0.1) is 21.5 Å². The Bertz CT molecular complexity index is 573. The SMILES string of the molecule is Cc1cc(C)n(C2CCN(Cc3nnc(C)s3)C2)n1. The fourth-order valence-corrected chi connectivity index (χ4v) is 3.52. The summed E-state index contributed by atoms with van der Waals surface area (Å²) in [6.07, 6.45) is 1.17. The van der Waals surface area contributed by atoms with Gasteiger partial charge in [-0.05, 0) is 33.3 Å². The van der Waals surface area contributed by atoms with Gasteiger partial charge in [-0.1, -0.05) is 0 Å². The highest BCUT2D eigenvalue weighted by molar-refractivity contribution is 7.11. The molecule has 0 amide bonds. The van der Waals surface area contributed by atoms with Crippen LogP contribution < -0.4 is 0 Å². The highest BCUT2D eigenvalue weighted by atomic mass is 32.1. The lowest BCUT2D eigenvalue weighted by molar-refractivity contribution is 0.309. The Kier molecular flexibility index (Phi) is 3.36. The van der Waals surface area contributed by atoms with E-state index in [9.17, 15) is 0 Å². The Morgan fingerprint density at radius 1 is 1.32 bits per heavy atom. The van der Waals surface area contributed by atoms with Gasteiger partial charge in [0.15, 0.2) is 0 Å². The van der Waals surface area contributed by atoms with Crippen molar-refractivity contribution < 1.29 is 0 Å². The average molecular weight is 277 g/mol. The van der Waals surface area contributed by atoms with E-state index in [0.29, 0.717) is 6.04 Å². The standard InChI is InChI=1S/C13H19N5S/c1-9-6-10(2)18(16-9)12-4-5-17(7-12)8-13-15-14-11(3)19-13/h6,12H,4-5,7-8H2,1-3H3. The zero-order valence-electron chi connectivity index (χ0n) is 11.6. The quantitative estimate of drug-likeness (QED) is 0.862. The van der Waals surface area contributed by atoms with Crippen LogP contribution in [0.15, 0.2) is 6.07 Å². The van der Waals surface area contributed by atoms with Crippen LogP contribution in [0, 0.1) is 20.8 Å². The van der Waals surface area contributed by atoms with E-state index >= 15 is 0 Å². The summed E-state index contributed by atoms with van der Waals surface area (Å²) in [7, 11) is 0. The molecule has 19 heavy (non-hydrogen) atoms. The summed E-state index contributed by atoms with van der Waals surface area (Å²) < 4.78 is 2.18. The molecule has 0 bridgehead atoms. The number of hydrogen-bond donors (Lipinski definition) is 0. The van der Waals surface area contributed by atoms with Crippen LogP contribution >= 0.6 is 11.3 Å². The van der Waals surface area contributed by atoms with Gasteiger partial charge < -0.3 is 0 Å². The van der Waals surface area contributed by atoms with Crippen molar-refractivity contribution in [2.45, 2.75) is 39.8 Å². The molecule has 0 N–H and O–H groups in total. The van der Waals surface area contributed by atoms with Crippen molar-refractivity contribution in [1.29, 1.82) is 0 Å². The average Bonchev–Trinajstić information content (AvgIpc) is 3.02. The Balaban J connectivity index is 1.65. The fraction of sp³-hybridized carbons (Fsp3) is 0.615. The molecule has 0 saturated carbocycles. The third-order valence-electron chi connectivity index (χ3n) is 3.56. The fourth-order valence-electron chi connectivity index (χ4n) is 2.76. The molecule has 2 aromatic rings. The largest absolute Gasteiger partial charge is 0.294 e. The highest BCUT2D eigenvalue weighted by Crippen LogP contribution is 2.24. The van der Waals surface area contributed by atoms with Crippen molar-refractivity contribution in [3.8, 4) is 0 Å². The summed E-state index contributed by atoms with van der Waals surface area (Å²) >= 11 is 1.69. The Hall–Kier alpha value is -1.27. The minimum Gasteiger partial charge on any atom is -0.294 e. The lowest BCUT2D eigenvalue weighted by Crippen LogP contribution is -2.22. The molecule has 3 rings (SSSR count). The first kappa shape index (κ1) is 12.7. The lowest BCUT2D eigenvalue weighted by Gasteiger charge is -2.15. The van der Waals surface area contributed by atoms with Crippen molar-refractivity contribution in [2.24, 2.45) is 0 Å². The smallest absolute Gasteiger partial charge is 0.131 e. The van der Waals surface area contributed by atoms with Gasteiger partial charge in [-0.3, -0.25) is 9.58 Å². The summed E-state index contributed by atoms with van der Waals surface area (Å²) in [6, 6.07) is 2.65. The predicted molar refractivity (Wildman–Crippen MR) is 75.3 cm³/mol. The third kappa shape index (κ3) is 2.69. The summed E-state index contributed by atoms with van der Waals surface area (Å²) in [5, 5.41) is 15.0. The first-order chi connectivity index (χ1) is 9.11. The highest BCUT2D eigenvalue weighted by Gasteiger charge is 2.26. The van der Waals surface area contributed by atoms with E-state index in [1.54, 1.807) is 11.3 Å². The number of aryl methyl sites for hydroxylation is 3. The molecule has 1 fully saturated rings. The van der Waals surface area contributed by atoms with Gasteiger partial charge in [-0.2, -0.15) is 5.10 Å². The van der Waals surface area contributed by atoms with Gasteiger partial charge in [0.2, 0.25) is 0 Å². The second-order valence-electron chi connectivity index (χ2n) is 5.26. The van der Waals surface area contributed by atoms with E-state index in [-0.39, 0.29) is 0 Å². The van der Waals surface area contributed by atoms with Crippen molar-refractivity contribution in [1.82, 2.24) is 24.9 Å². The summed E-state index contributed by atoms with van der Waals surface area (Å²) in [5.74, 6) is 0. The molecule has 6 heteroatoms. The molecule has 0 aromatic carbocycles. The number of aromatic nitrogens is 4. The predicted octanol–water partition coefficient (Wildman–Crippen LogP) is 2.11. The van der Waals surface area contributed by atoms with Crippen LogP contribution in [0.1, 0.15) is 33.9 Å². The van der Waals surface area contributed by atoms with Crippen molar-refractivity contribution in [2.75, 3.05) is 13.1 Å². The maximum atomic E-state index is 4.60. The Labute approximate surface area is 117 Å². The molecule has 2 aromatic heterocycles. The maximum Gasteiger partial charge on any atom is 0.131 e. The molecule has 0 aliphatic carbocycles. The molecule has 1 aliphatic heterocycles. The van der Waals surface area contributed by atoms with Crippen molar-refractivity contribution >= 4 is 11.3 Å². The van der Waals surface area contributed by atoms with E-state index in [2.05, 4.69) is 44.8 Å². The van der Waals surface area contributed by atoms with Crippen LogP contribution in [0.25, 0.3) is 0 Å². The first-order valence-corrected chi connectivity index (χ1v) is 7.47. The maximum absolute atomic E-state index is 4.60. The van der Waals surface area contributed by atoms with Gasteiger partial charge in [0.05, 0.1) is 18.3 Å². The summed E-state index contributed by atoms with van der Waals surface area (Å²) in [5.41, 5.74) is 2.37. The van der Waals surface area contributed by atoms with Crippen molar-refractivity contribution in [3.05, 3.63) is 27.5 Å². The number of rotatable bonds is 3. The van der Waals surface area contributed by atoms with Crippen molar-refractivity contribution in [3.63, 3.8) is 0 Å². The van der Waals surface area contributed by atoms with Crippen LogP contribution in [-0.2, 0) is 6.54 Å². The first-order valence-electron chi connectivity index (χ1n) is 6.66. The van der Waals surface area contributed by atoms with Gasteiger partial charge in [-0.25, -0.2) is 0 Å². The second-order valence-corrected chi connectivity index (χ2v) is 6.53. The van der Waals surface area contributed by atoms with E-state index in [4.69, 9.17) is 0 Å². The van der Waals surface area contributed by atoms with Gasteiger partial charge in [0.1, 0.15) is 10.0 Å². The van der Waals surface area contributed by atoms with Crippen LogP contribution in [-0.4, -0.2) is 38.0 Å². The van der Waals surface area contributed by atoms with Gasteiger partial charge in [0.25, 0.3) is 0 Å². The molecule has 1 atom stereocenters. The topological polar surface area (TPSA) is 46.8 Å². The monoisotopic (exact) mass is 277 g/mol. The molecule has 0 spiro atoms. The summed E-state index contributed by atoms with van der Waals surface area (Å²) in [6.45, 7) is 9.28. The molecule has 1 saturated heterocycles. The minimum atomic E-state index is 0.503. The van der Waals surface area contributed by atoms with Crippen LogP contribution in [0.2, 0.25) is 0 Å². The normalized spacial score (nSPS) is 20.3. The molecular formula is C13H19N5S. The lowest BCUT2D eigenvalue weighted by atomic mass is 10.2. The molecule has 1 unspecified atom stereocenters. The van der Waals surface area contributed by atoms with Crippen LogP contribution in [0.5, 0.6) is 0 Å². The van der Waals surface area contributed by atoms with Crippen LogP contribution in [0.4, 0.5) is 0 Å². The molecule has 0 radical (unpaired) electrons. The van der Waals surface area contributed by atoms with E-state index in [0.717, 1.165) is 35.3 Å². The minimum absolute atomic E-state index is 0.503. The number of nitrogens with zero attached hydrogens (tertiary/aromatic N) is 5. The molecule has 102 valence electrons. The molecule has 3 heterocycles. The molecular weight excluding hydrogens is 258 g/mol. The van der Waals surface area contributed by atoms with E-state index in [1.807, 2.05) is 6.92 Å². The second kappa shape index (κ2) is 5.02.